The van der Waals surface area contributed by atoms with Crippen LogP contribution in [0.15, 0.2) is 36.7 Å². The average molecular weight is 339 g/mol. The van der Waals surface area contributed by atoms with E-state index in [1.165, 1.54) is 0 Å². The summed E-state index contributed by atoms with van der Waals surface area (Å²) in [7, 11) is 0. The fraction of sp³-hybridized carbons (Fsp3) is 0.421. The van der Waals surface area contributed by atoms with E-state index in [4.69, 9.17) is 0 Å². The number of amides is 1. The molecule has 1 saturated heterocycles. The van der Waals surface area contributed by atoms with E-state index in [0.717, 1.165) is 48.9 Å². The highest BCUT2D eigenvalue weighted by Gasteiger charge is 2.26. The van der Waals surface area contributed by atoms with E-state index in [1.54, 1.807) is 12.4 Å². The van der Waals surface area contributed by atoms with E-state index in [9.17, 15) is 4.79 Å². The van der Waals surface area contributed by atoms with Gasteiger partial charge < -0.3 is 10.2 Å². The number of carbonyl (C=O) groups excluding carboxylic acids is 1. The lowest BCUT2D eigenvalue weighted by atomic mass is 10.1. The van der Waals surface area contributed by atoms with Gasteiger partial charge in [0.15, 0.2) is 0 Å². The SMILES string of the molecule is Cc1ccc(C)c(NC(=O)[C@H](C)N2CCN(c3ncccn3)CC2)c1. The topological polar surface area (TPSA) is 61.4 Å². The molecule has 0 spiro atoms. The van der Waals surface area contributed by atoms with Crippen molar-refractivity contribution in [3.05, 3.63) is 47.8 Å². The van der Waals surface area contributed by atoms with Gasteiger partial charge in [-0.2, -0.15) is 0 Å². The van der Waals surface area contributed by atoms with Crippen LogP contribution < -0.4 is 10.2 Å². The van der Waals surface area contributed by atoms with Crippen LogP contribution in [0.2, 0.25) is 0 Å². The Kier molecular flexibility index (Phi) is 5.28. The summed E-state index contributed by atoms with van der Waals surface area (Å²) < 4.78 is 0. The molecular weight excluding hydrogens is 314 g/mol. The predicted molar refractivity (Wildman–Crippen MR) is 99.8 cm³/mol. The molecule has 1 N–H and O–H groups in total. The molecule has 1 aliphatic rings. The van der Waals surface area contributed by atoms with Gasteiger partial charge in [0.25, 0.3) is 0 Å². The van der Waals surface area contributed by atoms with E-state index >= 15 is 0 Å². The van der Waals surface area contributed by atoms with Gasteiger partial charge in [-0.25, -0.2) is 9.97 Å². The van der Waals surface area contributed by atoms with Gasteiger partial charge in [0, 0.05) is 44.3 Å². The van der Waals surface area contributed by atoms with Crippen LogP contribution in [0.5, 0.6) is 0 Å². The molecule has 0 unspecified atom stereocenters. The van der Waals surface area contributed by atoms with Gasteiger partial charge in [0.2, 0.25) is 11.9 Å². The summed E-state index contributed by atoms with van der Waals surface area (Å²) in [5, 5.41) is 3.07. The zero-order valence-corrected chi connectivity index (χ0v) is 15.1. The Hall–Kier alpha value is -2.47. The molecule has 25 heavy (non-hydrogen) atoms. The van der Waals surface area contributed by atoms with Crippen molar-refractivity contribution in [2.45, 2.75) is 26.8 Å². The van der Waals surface area contributed by atoms with Crippen molar-refractivity contribution in [2.75, 3.05) is 36.4 Å². The Bertz CT molecular complexity index is 726. The summed E-state index contributed by atoms with van der Waals surface area (Å²) in [6, 6.07) is 7.76. The maximum Gasteiger partial charge on any atom is 0.241 e. The first kappa shape index (κ1) is 17.4. The van der Waals surface area contributed by atoms with Gasteiger partial charge in [-0.3, -0.25) is 9.69 Å². The number of benzene rings is 1. The number of hydrogen-bond acceptors (Lipinski definition) is 5. The molecule has 6 nitrogen and oxygen atoms in total. The fourth-order valence-electron chi connectivity index (χ4n) is 3.04. The van der Waals surface area contributed by atoms with Crippen LogP contribution >= 0.6 is 0 Å². The Balaban J connectivity index is 1.57. The van der Waals surface area contributed by atoms with E-state index in [1.807, 2.05) is 39.0 Å². The largest absolute Gasteiger partial charge is 0.338 e. The lowest BCUT2D eigenvalue weighted by molar-refractivity contribution is -0.120. The molecule has 1 aromatic heterocycles. The Morgan fingerprint density at radius 2 is 1.80 bits per heavy atom. The Morgan fingerprint density at radius 1 is 1.12 bits per heavy atom. The minimum absolute atomic E-state index is 0.0399. The lowest BCUT2D eigenvalue weighted by Crippen LogP contribution is -2.53. The van der Waals surface area contributed by atoms with Crippen molar-refractivity contribution in [1.29, 1.82) is 0 Å². The Morgan fingerprint density at radius 3 is 2.48 bits per heavy atom. The molecule has 1 fully saturated rings. The molecule has 6 heteroatoms. The van der Waals surface area contributed by atoms with Crippen LogP contribution in [0.4, 0.5) is 11.6 Å². The second kappa shape index (κ2) is 7.61. The van der Waals surface area contributed by atoms with Crippen LogP contribution in [-0.2, 0) is 4.79 Å². The molecule has 1 aromatic carbocycles. The van der Waals surface area contributed by atoms with E-state index in [2.05, 4.69) is 31.2 Å². The molecule has 1 atom stereocenters. The minimum Gasteiger partial charge on any atom is -0.338 e. The van der Waals surface area contributed by atoms with Gasteiger partial charge in [-0.05, 0) is 44.0 Å². The van der Waals surface area contributed by atoms with Crippen molar-refractivity contribution >= 4 is 17.5 Å². The number of aromatic nitrogens is 2. The fourth-order valence-corrected chi connectivity index (χ4v) is 3.04. The third kappa shape index (κ3) is 4.14. The average Bonchev–Trinajstić information content (AvgIpc) is 2.65. The number of nitrogens with zero attached hydrogens (tertiary/aromatic N) is 4. The smallest absolute Gasteiger partial charge is 0.241 e. The van der Waals surface area contributed by atoms with E-state index in [0.29, 0.717) is 0 Å². The van der Waals surface area contributed by atoms with Gasteiger partial charge >= 0.3 is 0 Å². The molecule has 2 aromatic rings. The molecule has 0 radical (unpaired) electrons. The molecule has 2 heterocycles. The number of anilines is 2. The van der Waals surface area contributed by atoms with Crippen molar-refractivity contribution in [3.63, 3.8) is 0 Å². The standard InChI is InChI=1S/C19H25N5O/c1-14-5-6-15(2)17(13-14)22-18(25)16(3)23-9-11-24(12-10-23)19-20-7-4-8-21-19/h4-8,13,16H,9-12H2,1-3H3,(H,22,25)/t16-/m0/s1. The highest BCUT2D eigenvalue weighted by Crippen LogP contribution is 2.18. The monoisotopic (exact) mass is 339 g/mol. The van der Waals surface area contributed by atoms with Crippen molar-refractivity contribution in [1.82, 2.24) is 14.9 Å². The number of carbonyl (C=O) groups is 1. The number of aryl methyl sites for hydroxylation is 2. The Labute approximate surface area is 148 Å². The maximum absolute atomic E-state index is 12.6. The quantitative estimate of drug-likeness (QED) is 0.926. The maximum atomic E-state index is 12.6. The second-order valence-corrected chi connectivity index (χ2v) is 6.56. The molecule has 1 amide bonds. The number of rotatable bonds is 4. The van der Waals surface area contributed by atoms with Crippen LogP contribution in [0.25, 0.3) is 0 Å². The molecule has 1 aliphatic heterocycles. The number of hydrogen-bond donors (Lipinski definition) is 1. The summed E-state index contributed by atoms with van der Waals surface area (Å²) >= 11 is 0. The van der Waals surface area contributed by atoms with Gasteiger partial charge in [-0.15, -0.1) is 0 Å². The molecule has 3 rings (SSSR count). The van der Waals surface area contributed by atoms with E-state index in [-0.39, 0.29) is 11.9 Å². The van der Waals surface area contributed by atoms with Crippen LogP contribution in [0, 0.1) is 13.8 Å². The van der Waals surface area contributed by atoms with Crippen molar-refractivity contribution in [2.24, 2.45) is 0 Å². The number of piperazine rings is 1. The van der Waals surface area contributed by atoms with E-state index < -0.39 is 0 Å². The summed E-state index contributed by atoms with van der Waals surface area (Å²) in [5.74, 6) is 0.799. The van der Waals surface area contributed by atoms with Crippen LogP contribution in [0.3, 0.4) is 0 Å². The summed E-state index contributed by atoms with van der Waals surface area (Å²) in [5.41, 5.74) is 3.12. The van der Waals surface area contributed by atoms with Crippen LogP contribution in [-0.4, -0.2) is 53.0 Å². The van der Waals surface area contributed by atoms with Crippen molar-refractivity contribution < 1.29 is 4.79 Å². The van der Waals surface area contributed by atoms with Gasteiger partial charge in [0.1, 0.15) is 0 Å². The lowest BCUT2D eigenvalue weighted by Gasteiger charge is -2.37. The second-order valence-electron chi connectivity index (χ2n) is 6.56. The first-order chi connectivity index (χ1) is 12.0. The van der Waals surface area contributed by atoms with Crippen molar-refractivity contribution in [3.8, 4) is 0 Å². The summed E-state index contributed by atoms with van der Waals surface area (Å²) in [6.45, 7) is 9.30. The first-order valence-electron chi connectivity index (χ1n) is 8.69. The highest BCUT2D eigenvalue weighted by atomic mass is 16.2. The minimum atomic E-state index is -0.168. The molecule has 0 aliphatic carbocycles. The van der Waals surface area contributed by atoms with Crippen LogP contribution in [0.1, 0.15) is 18.1 Å². The zero-order valence-electron chi connectivity index (χ0n) is 15.1. The third-order valence-corrected chi connectivity index (χ3v) is 4.73. The highest BCUT2D eigenvalue weighted by molar-refractivity contribution is 5.95. The van der Waals surface area contributed by atoms with Gasteiger partial charge in [0.05, 0.1) is 6.04 Å². The first-order valence-corrected chi connectivity index (χ1v) is 8.69. The summed E-state index contributed by atoms with van der Waals surface area (Å²) in [6.07, 6.45) is 3.52. The molecule has 132 valence electrons. The molecule has 0 saturated carbocycles. The predicted octanol–water partition coefficient (Wildman–Crippen LogP) is 2.24. The van der Waals surface area contributed by atoms with Gasteiger partial charge in [-0.1, -0.05) is 12.1 Å². The third-order valence-electron chi connectivity index (χ3n) is 4.73. The summed E-state index contributed by atoms with van der Waals surface area (Å²) in [4.78, 5) is 25.6. The molecular formula is C19H25N5O. The normalized spacial score (nSPS) is 16.5. The zero-order chi connectivity index (χ0) is 17.8. The molecule has 0 bridgehead atoms. The number of nitrogens with one attached hydrogen (secondary N) is 1.